The highest BCUT2D eigenvalue weighted by Crippen LogP contribution is 2.31. The van der Waals surface area contributed by atoms with Gasteiger partial charge in [0.15, 0.2) is 5.78 Å². The van der Waals surface area contributed by atoms with Crippen molar-refractivity contribution in [3.8, 4) is 0 Å². The predicted octanol–water partition coefficient (Wildman–Crippen LogP) is 5.78. The lowest BCUT2D eigenvalue weighted by Crippen LogP contribution is -2.26. The van der Waals surface area contributed by atoms with Crippen LogP contribution in [0.3, 0.4) is 0 Å². The Morgan fingerprint density at radius 1 is 1.00 bits per heavy atom. The lowest BCUT2D eigenvalue weighted by molar-refractivity contribution is -0.137. The van der Waals surface area contributed by atoms with Crippen LogP contribution in [0.4, 0.5) is 13.2 Å². The average molecular weight is 523 g/mol. The predicted molar refractivity (Wildman–Crippen MR) is 130 cm³/mol. The zero-order valence-electron chi connectivity index (χ0n) is 20.7. The highest BCUT2D eigenvalue weighted by atomic mass is 19.4. The summed E-state index contributed by atoms with van der Waals surface area (Å²) in [6.45, 7) is 11.6. The fourth-order valence-corrected chi connectivity index (χ4v) is 3.26. The Morgan fingerprint density at radius 3 is 2.00 bits per heavy atom. The molecular formula is C27H29F3O7. The van der Waals surface area contributed by atoms with Crippen molar-refractivity contribution in [3.63, 3.8) is 0 Å². The molecule has 2 N–H and O–H groups in total. The molecule has 7 nitrogen and oxygen atoms in total. The van der Waals surface area contributed by atoms with Gasteiger partial charge in [0, 0.05) is 11.1 Å². The Balaban J connectivity index is 0.00000102. The normalized spacial score (nSPS) is 21.1. The minimum atomic E-state index is -4.53. The molecule has 0 unspecified atom stereocenters. The second kappa shape index (κ2) is 13.4. The smallest absolute Gasteiger partial charge is 0.416 e. The first-order valence-electron chi connectivity index (χ1n) is 11.1. The molecule has 2 rings (SSSR count). The molecule has 0 saturated carbocycles. The molecule has 10 heteroatoms. The zero-order valence-corrected chi connectivity index (χ0v) is 20.7. The molecule has 0 saturated heterocycles. The van der Waals surface area contributed by atoms with Crippen molar-refractivity contribution < 1.29 is 47.3 Å². The molecule has 0 aromatic heterocycles. The molecule has 1 aromatic rings. The maximum absolute atomic E-state index is 12.7. The second-order valence-corrected chi connectivity index (χ2v) is 8.64. The van der Waals surface area contributed by atoms with Crippen LogP contribution < -0.4 is 0 Å². The van der Waals surface area contributed by atoms with Crippen molar-refractivity contribution in [2.75, 3.05) is 0 Å². The topological polar surface area (TPSA) is 118 Å². The van der Waals surface area contributed by atoms with Crippen LogP contribution in [0.5, 0.6) is 0 Å². The molecular weight excluding hydrogens is 493 g/mol. The molecule has 1 aliphatic rings. The van der Waals surface area contributed by atoms with Gasteiger partial charge in [-0.15, -0.1) is 0 Å². The van der Waals surface area contributed by atoms with E-state index >= 15 is 0 Å². The Morgan fingerprint density at radius 2 is 1.54 bits per heavy atom. The first kappa shape index (κ1) is 31.1. The van der Waals surface area contributed by atoms with Gasteiger partial charge >= 0.3 is 24.1 Å². The second-order valence-electron chi connectivity index (χ2n) is 8.64. The Hall–Kier alpha value is -3.95. The number of esters is 1. The lowest BCUT2D eigenvalue weighted by Gasteiger charge is -2.25. The maximum atomic E-state index is 12.7. The minimum Gasteiger partial charge on any atom is -0.478 e. The van der Waals surface area contributed by atoms with Crippen LogP contribution in [-0.4, -0.2) is 40.0 Å². The molecule has 2 atom stereocenters. The van der Waals surface area contributed by atoms with Crippen LogP contribution >= 0.6 is 0 Å². The van der Waals surface area contributed by atoms with Gasteiger partial charge in [0.1, 0.15) is 6.10 Å². The number of alkyl halides is 3. The van der Waals surface area contributed by atoms with Gasteiger partial charge in [0.25, 0.3) is 0 Å². The third-order valence-corrected chi connectivity index (χ3v) is 5.48. The van der Waals surface area contributed by atoms with Crippen molar-refractivity contribution >= 4 is 23.7 Å². The minimum absolute atomic E-state index is 0.0388. The third kappa shape index (κ3) is 10.3. The molecule has 0 amide bonds. The van der Waals surface area contributed by atoms with Crippen molar-refractivity contribution in [2.24, 2.45) is 5.92 Å². The summed E-state index contributed by atoms with van der Waals surface area (Å²) in [5, 5.41) is 17.2. The highest BCUT2D eigenvalue weighted by Gasteiger charge is 2.31. The van der Waals surface area contributed by atoms with E-state index in [2.05, 4.69) is 13.2 Å². The number of carbonyl (C=O) groups is 4. The summed E-state index contributed by atoms with van der Waals surface area (Å²) in [6.07, 6.45) is -1.79. The molecule has 37 heavy (non-hydrogen) atoms. The van der Waals surface area contributed by atoms with Gasteiger partial charge < -0.3 is 14.9 Å². The number of benzene rings is 1. The van der Waals surface area contributed by atoms with Crippen LogP contribution in [0.1, 0.15) is 56.0 Å². The SMILES string of the molecule is C=C(C(=O)O)[C@@H]1CC/C(C)=C/C(=O)/C=C(/C)[C@@H](OC(=O)c2ccc(C(F)(F)F)cc2)C1.C=C(C)C(=O)O. The summed E-state index contributed by atoms with van der Waals surface area (Å²) >= 11 is 0. The Bertz CT molecular complexity index is 1110. The molecule has 1 aromatic carbocycles. The number of carboxylic acids is 2. The van der Waals surface area contributed by atoms with E-state index < -0.39 is 41.7 Å². The molecule has 0 fully saturated rings. The third-order valence-electron chi connectivity index (χ3n) is 5.48. The number of allylic oxidation sites excluding steroid dienone is 3. The monoisotopic (exact) mass is 522 g/mol. The van der Waals surface area contributed by atoms with E-state index in [4.69, 9.17) is 9.84 Å². The quantitative estimate of drug-likeness (QED) is 0.372. The van der Waals surface area contributed by atoms with Gasteiger partial charge in [0.05, 0.1) is 11.1 Å². The van der Waals surface area contributed by atoms with Crippen LogP contribution in [0, 0.1) is 5.92 Å². The van der Waals surface area contributed by atoms with E-state index in [1.807, 2.05) is 0 Å². The van der Waals surface area contributed by atoms with Crippen molar-refractivity contribution in [3.05, 3.63) is 83.0 Å². The van der Waals surface area contributed by atoms with E-state index in [9.17, 15) is 37.5 Å². The van der Waals surface area contributed by atoms with Gasteiger partial charge in [-0.1, -0.05) is 18.7 Å². The fraction of sp³-hybridized carbons (Fsp3) is 0.333. The number of hydrogen-bond acceptors (Lipinski definition) is 5. The van der Waals surface area contributed by atoms with E-state index in [0.29, 0.717) is 18.4 Å². The number of hydrogen-bond donors (Lipinski definition) is 2. The highest BCUT2D eigenvalue weighted by molar-refractivity contribution is 6.00. The number of ether oxygens (including phenoxy) is 1. The summed E-state index contributed by atoms with van der Waals surface area (Å²) in [5.74, 6) is -3.80. The molecule has 0 heterocycles. The van der Waals surface area contributed by atoms with E-state index in [-0.39, 0.29) is 28.9 Å². The first-order valence-corrected chi connectivity index (χ1v) is 11.1. The largest absolute Gasteiger partial charge is 0.478 e. The molecule has 200 valence electrons. The van der Waals surface area contributed by atoms with Crippen LogP contribution in [-0.2, 0) is 25.3 Å². The lowest BCUT2D eigenvalue weighted by atomic mass is 9.85. The summed E-state index contributed by atoms with van der Waals surface area (Å²) in [5.41, 5.74) is 0.341. The summed E-state index contributed by atoms with van der Waals surface area (Å²) in [4.78, 5) is 45.8. The molecule has 0 spiro atoms. The van der Waals surface area contributed by atoms with Gasteiger partial charge in [-0.3, -0.25) is 4.79 Å². The van der Waals surface area contributed by atoms with Crippen molar-refractivity contribution in [1.82, 2.24) is 0 Å². The van der Waals surface area contributed by atoms with Gasteiger partial charge in [-0.25, -0.2) is 14.4 Å². The van der Waals surface area contributed by atoms with E-state index in [1.165, 1.54) is 19.1 Å². The summed E-state index contributed by atoms with van der Waals surface area (Å²) in [7, 11) is 0. The Kier molecular flexibility index (Phi) is 11.2. The fourth-order valence-electron chi connectivity index (χ4n) is 3.26. The molecule has 0 radical (unpaired) electrons. The Labute approximate surface area is 212 Å². The van der Waals surface area contributed by atoms with E-state index in [0.717, 1.165) is 29.8 Å². The summed E-state index contributed by atoms with van der Waals surface area (Å²) in [6, 6.07) is 3.57. The van der Waals surface area contributed by atoms with Gasteiger partial charge in [0.2, 0.25) is 0 Å². The number of carboxylic acid groups (broad SMARTS) is 2. The number of rotatable bonds is 5. The number of aliphatic carboxylic acids is 2. The van der Waals surface area contributed by atoms with Crippen LogP contribution in [0.2, 0.25) is 0 Å². The van der Waals surface area contributed by atoms with Gasteiger partial charge in [-0.05, 0) is 87.9 Å². The van der Waals surface area contributed by atoms with E-state index in [1.54, 1.807) is 13.8 Å². The number of halogens is 3. The van der Waals surface area contributed by atoms with Gasteiger partial charge in [-0.2, -0.15) is 13.2 Å². The molecule has 0 aliphatic heterocycles. The van der Waals surface area contributed by atoms with Crippen molar-refractivity contribution in [2.45, 2.75) is 52.3 Å². The number of carbonyl (C=O) groups excluding carboxylic acids is 2. The average Bonchev–Trinajstić information content (AvgIpc) is 2.79. The summed E-state index contributed by atoms with van der Waals surface area (Å²) < 4.78 is 43.7. The zero-order chi connectivity index (χ0) is 28.5. The molecule has 0 bridgehead atoms. The van der Waals surface area contributed by atoms with Crippen LogP contribution in [0.25, 0.3) is 0 Å². The first-order chi connectivity index (χ1) is 17.0. The maximum Gasteiger partial charge on any atom is 0.416 e. The standard InChI is InChI=1S/C23H23F3O5.C4H6O2/c1-13-4-5-17(15(3)21(28)29)12-20(14(2)11-19(27)10-13)31-22(30)16-6-8-18(9-7-16)23(24,25)26;1-3(2)4(5)6/h6-11,17,20H,3-5,12H2,1-2H3,(H,28,29);1H2,2H3,(H,5,6)/b13-10+,14-11-;/t17-,20+;/m1./s1. The number of ketones is 1. The molecule has 1 aliphatic carbocycles. The van der Waals surface area contributed by atoms with Crippen LogP contribution in [0.15, 0.2) is 71.9 Å². The van der Waals surface area contributed by atoms with Crippen molar-refractivity contribution in [1.29, 1.82) is 0 Å².